The molecule has 2 aliphatic rings. The van der Waals surface area contributed by atoms with Gasteiger partial charge in [0.2, 0.25) is 0 Å². The molecular formula is C14H17BrO4. The molecule has 2 aliphatic heterocycles. The highest BCUT2D eigenvalue weighted by Gasteiger charge is 2.39. The predicted octanol–water partition coefficient (Wildman–Crippen LogP) is 2.82. The van der Waals surface area contributed by atoms with Crippen LogP contribution in [0.2, 0.25) is 0 Å². The van der Waals surface area contributed by atoms with Gasteiger partial charge in [-0.05, 0) is 31.9 Å². The van der Waals surface area contributed by atoms with Gasteiger partial charge >= 0.3 is 0 Å². The molecule has 0 bridgehead atoms. The minimum absolute atomic E-state index is 0.522. The summed E-state index contributed by atoms with van der Waals surface area (Å²) in [6.07, 6.45) is 1.16. The van der Waals surface area contributed by atoms with Crippen LogP contribution in [0.3, 0.4) is 0 Å². The zero-order valence-corrected chi connectivity index (χ0v) is 12.4. The number of ether oxygens (including phenoxy) is 3. The van der Waals surface area contributed by atoms with Gasteiger partial charge in [0, 0.05) is 16.6 Å². The summed E-state index contributed by atoms with van der Waals surface area (Å²) < 4.78 is 17.6. The fourth-order valence-electron chi connectivity index (χ4n) is 2.63. The monoisotopic (exact) mass is 328 g/mol. The third kappa shape index (κ3) is 2.35. The van der Waals surface area contributed by atoms with Gasteiger partial charge in [-0.2, -0.15) is 0 Å². The Kier molecular flexibility index (Phi) is 3.45. The number of halogens is 1. The maximum Gasteiger partial charge on any atom is 0.162 e. The topological polar surface area (TPSA) is 47.9 Å². The molecule has 2 unspecified atom stereocenters. The Bertz CT molecular complexity index is 483. The van der Waals surface area contributed by atoms with Gasteiger partial charge in [-0.1, -0.05) is 15.9 Å². The van der Waals surface area contributed by atoms with Crippen LogP contribution in [0.25, 0.3) is 0 Å². The second kappa shape index (κ2) is 4.96. The highest BCUT2D eigenvalue weighted by molar-refractivity contribution is 9.10. The number of aliphatic hydroxyl groups excluding tert-OH is 1. The average molecular weight is 329 g/mol. The number of hydrogen-bond acceptors (Lipinski definition) is 4. The smallest absolute Gasteiger partial charge is 0.162 e. The van der Waals surface area contributed by atoms with E-state index >= 15 is 0 Å². The number of benzene rings is 1. The van der Waals surface area contributed by atoms with Crippen molar-refractivity contribution in [1.29, 1.82) is 0 Å². The molecule has 1 N–H and O–H groups in total. The molecule has 2 heterocycles. The van der Waals surface area contributed by atoms with Crippen molar-refractivity contribution in [1.82, 2.24) is 0 Å². The van der Waals surface area contributed by atoms with E-state index in [1.54, 1.807) is 0 Å². The molecule has 4 nitrogen and oxygen atoms in total. The normalized spacial score (nSPS) is 27.3. The largest absolute Gasteiger partial charge is 0.486 e. The molecule has 1 saturated heterocycles. The lowest BCUT2D eigenvalue weighted by molar-refractivity contribution is -0.0800. The Morgan fingerprint density at radius 3 is 2.53 bits per heavy atom. The molecular weight excluding hydrogens is 312 g/mol. The van der Waals surface area contributed by atoms with Gasteiger partial charge in [0.05, 0.1) is 5.60 Å². The maximum absolute atomic E-state index is 10.6. The minimum Gasteiger partial charge on any atom is -0.486 e. The highest BCUT2D eigenvalue weighted by atomic mass is 79.9. The quantitative estimate of drug-likeness (QED) is 0.906. The predicted molar refractivity (Wildman–Crippen MR) is 73.7 cm³/mol. The third-order valence-electron chi connectivity index (χ3n) is 3.78. The van der Waals surface area contributed by atoms with E-state index in [1.165, 1.54) is 0 Å². The number of aliphatic hydroxyl groups is 1. The molecule has 0 radical (unpaired) electrons. The first-order valence-corrected chi connectivity index (χ1v) is 7.30. The van der Waals surface area contributed by atoms with E-state index in [9.17, 15) is 5.11 Å². The van der Waals surface area contributed by atoms with E-state index in [0.717, 1.165) is 22.9 Å². The summed E-state index contributed by atoms with van der Waals surface area (Å²) in [5.41, 5.74) is 0.264. The van der Waals surface area contributed by atoms with Crippen molar-refractivity contribution >= 4 is 15.9 Å². The van der Waals surface area contributed by atoms with E-state index in [0.29, 0.717) is 31.3 Å². The van der Waals surface area contributed by atoms with E-state index in [1.807, 2.05) is 19.1 Å². The summed E-state index contributed by atoms with van der Waals surface area (Å²) >= 11 is 3.50. The van der Waals surface area contributed by atoms with Gasteiger partial charge in [-0.3, -0.25) is 0 Å². The maximum atomic E-state index is 10.6. The van der Waals surface area contributed by atoms with Crippen LogP contribution in [0.15, 0.2) is 16.6 Å². The van der Waals surface area contributed by atoms with E-state index < -0.39 is 11.7 Å². The Hall–Kier alpha value is -0.780. The van der Waals surface area contributed by atoms with Crippen LogP contribution >= 0.6 is 15.9 Å². The van der Waals surface area contributed by atoms with Crippen molar-refractivity contribution < 1.29 is 19.3 Å². The van der Waals surface area contributed by atoms with Gasteiger partial charge in [-0.15, -0.1) is 0 Å². The number of rotatable bonds is 2. The lowest BCUT2D eigenvalue weighted by Crippen LogP contribution is -2.32. The van der Waals surface area contributed by atoms with Gasteiger partial charge in [0.15, 0.2) is 11.5 Å². The van der Waals surface area contributed by atoms with Gasteiger partial charge in [0.1, 0.15) is 19.3 Å². The van der Waals surface area contributed by atoms with Gasteiger partial charge < -0.3 is 19.3 Å². The molecule has 0 aliphatic carbocycles. The summed E-state index contributed by atoms with van der Waals surface area (Å²) in [6.45, 7) is 3.75. The lowest BCUT2D eigenvalue weighted by atomic mass is 9.90. The van der Waals surface area contributed by atoms with Crippen molar-refractivity contribution in [2.75, 3.05) is 19.8 Å². The van der Waals surface area contributed by atoms with Crippen LogP contribution in [0, 0.1) is 0 Å². The molecule has 1 aromatic rings. The molecule has 2 atom stereocenters. The summed E-state index contributed by atoms with van der Waals surface area (Å²) in [7, 11) is 0. The lowest BCUT2D eigenvalue weighted by Gasteiger charge is -2.31. The molecule has 3 rings (SSSR count). The van der Waals surface area contributed by atoms with Crippen LogP contribution in [-0.4, -0.2) is 30.5 Å². The van der Waals surface area contributed by atoms with Crippen molar-refractivity contribution in [3.05, 3.63) is 22.2 Å². The van der Waals surface area contributed by atoms with E-state index in [2.05, 4.69) is 15.9 Å². The third-order valence-corrected chi connectivity index (χ3v) is 4.47. The highest BCUT2D eigenvalue weighted by Crippen LogP contribution is 2.43. The second-order valence-electron chi connectivity index (χ2n) is 5.18. The van der Waals surface area contributed by atoms with Crippen LogP contribution < -0.4 is 9.47 Å². The van der Waals surface area contributed by atoms with Crippen LogP contribution in [0.1, 0.15) is 31.4 Å². The summed E-state index contributed by atoms with van der Waals surface area (Å²) in [5.74, 6) is 1.40. The van der Waals surface area contributed by atoms with Crippen molar-refractivity contribution in [3.63, 3.8) is 0 Å². The van der Waals surface area contributed by atoms with Crippen LogP contribution in [0.4, 0.5) is 0 Å². The minimum atomic E-state index is -0.680. The molecule has 104 valence electrons. The fourth-order valence-corrected chi connectivity index (χ4v) is 3.17. The standard InChI is InChI=1S/C14H17BrO4/c1-14(3-2-4-19-14)13(16)9-7-11-12(8-10(9)15)18-6-5-17-11/h7-8,13,16H,2-6H2,1H3. The fraction of sp³-hybridized carbons (Fsp3) is 0.571. The summed E-state index contributed by atoms with van der Waals surface area (Å²) in [5, 5.41) is 10.6. The first kappa shape index (κ1) is 13.2. The Morgan fingerprint density at radius 1 is 1.21 bits per heavy atom. The van der Waals surface area contributed by atoms with Crippen LogP contribution in [-0.2, 0) is 4.74 Å². The Morgan fingerprint density at radius 2 is 1.89 bits per heavy atom. The molecule has 1 aromatic carbocycles. The first-order chi connectivity index (χ1) is 9.10. The Labute approximate surface area is 120 Å². The van der Waals surface area contributed by atoms with Crippen LogP contribution in [0.5, 0.6) is 11.5 Å². The number of hydrogen-bond donors (Lipinski definition) is 1. The van der Waals surface area contributed by atoms with Crippen molar-refractivity contribution in [2.24, 2.45) is 0 Å². The zero-order chi connectivity index (χ0) is 13.5. The molecule has 19 heavy (non-hydrogen) atoms. The molecule has 0 spiro atoms. The molecule has 0 saturated carbocycles. The first-order valence-electron chi connectivity index (χ1n) is 6.51. The van der Waals surface area contributed by atoms with Gasteiger partial charge in [0.25, 0.3) is 0 Å². The van der Waals surface area contributed by atoms with Gasteiger partial charge in [-0.25, -0.2) is 0 Å². The zero-order valence-electron chi connectivity index (χ0n) is 10.8. The summed E-state index contributed by atoms with van der Waals surface area (Å²) in [6, 6.07) is 3.70. The van der Waals surface area contributed by atoms with E-state index in [-0.39, 0.29) is 0 Å². The molecule has 0 amide bonds. The molecule has 5 heteroatoms. The van der Waals surface area contributed by atoms with Crippen molar-refractivity contribution in [3.8, 4) is 11.5 Å². The summed E-state index contributed by atoms with van der Waals surface area (Å²) in [4.78, 5) is 0. The van der Waals surface area contributed by atoms with Crippen molar-refractivity contribution in [2.45, 2.75) is 31.5 Å². The SMILES string of the molecule is CC1(C(O)c2cc3c(cc2Br)OCCO3)CCCO1. The van der Waals surface area contributed by atoms with E-state index in [4.69, 9.17) is 14.2 Å². The average Bonchev–Trinajstić information content (AvgIpc) is 2.85. The number of fused-ring (bicyclic) bond motifs is 1. The second-order valence-corrected chi connectivity index (χ2v) is 6.04. The molecule has 0 aromatic heterocycles. The Balaban J connectivity index is 1.95. The molecule has 1 fully saturated rings.